The first-order valence-electron chi connectivity index (χ1n) is 14.1. The number of hydrogen-bond acceptors (Lipinski definition) is 4. The normalized spacial score (nSPS) is 21.9. The molecular formula is C34H29F3N2O2. The van der Waals surface area contributed by atoms with E-state index in [0.717, 1.165) is 58.1 Å². The molecule has 1 aliphatic heterocycles. The first-order valence-corrected chi connectivity index (χ1v) is 14.1. The summed E-state index contributed by atoms with van der Waals surface area (Å²) < 4.78 is 45.8. The Labute approximate surface area is 235 Å². The molecule has 1 saturated carbocycles. The molecule has 0 spiro atoms. The summed E-state index contributed by atoms with van der Waals surface area (Å²) in [5.41, 5.74) is 3.40. The van der Waals surface area contributed by atoms with Gasteiger partial charge in [0, 0.05) is 33.4 Å². The molecule has 7 rings (SSSR count). The van der Waals surface area contributed by atoms with Crippen LogP contribution in [0.5, 0.6) is 5.75 Å². The van der Waals surface area contributed by atoms with Crippen LogP contribution in [0.1, 0.15) is 73.0 Å². The lowest BCUT2D eigenvalue weighted by Gasteiger charge is -2.49. The second-order valence-electron chi connectivity index (χ2n) is 12.2. The van der Waals surface area contributed by atoms with Crippen molar-refractivity contribution in [2.75, 3.05) is 0 Å². The van der Waals surface area contributed by atoms with Crippen LogP contribution in [0.15, 0.2) is 66.7 Å². The molecule has 1 fully saturated rings. The zero-order valence-corrected chi connectivity index (χ0v) is 23.0. The number of fused-ring (bicyclic) bond motifs is 9. The van der Waals surface area contributed by atoms with Crippen molar-refractivity contribution in [3.8, 4) is 5.75 Å². The third kappa shape index (κ3) is 4.16. The van der Waals surface area contributed by atoms with E-state index in [4.69, 9.17) is 14.7 Å². The molecule has 7 heteroatoms. The maximum absolute atomic E-state index is 13.2. The van der Waals surface area contributed by atoms with Crippen molar-refractivity contribution < 1.29 is 22.7 Å². The van der Waals surface area contributed by atoms with E-state index < -0.39 is 11.7 Å². The fraction of sp³-hybridized carbons (Fsp3) is 0.324. The average molecular weight is 555 g/mol. The summed E-state index contributed by atoms with van der Waals surface area (Å²) in [5.74, 6) is 1.81. The Morgan fingerprint density at radius 1 is 0.878 bits per heavy atom. The van der Waals surface area contributed by atoms with Crippen LogP contribution >= 0.6 is 0 Å². The SMILES string of the molecule is C[C@H]1CC[C@H]2[C@H](C1)c1c(c3ccccc3c3nc4cc(C(=O)c5ccc(C(F)(F)F)cc5)ccc4nc13)OC2(C)C. The van der Waals surface area contributed by atoms with E-state index in [1.807, 2.05) is 18.2 Å². The van der Waals surface area contributed by atoms with Crippen LogP contribution in [0.3, 0.4) is 0 Å². The Hall–Kier alpha value is -4.00. The lowest BCUT2D eigenvalue weighted by molar-refractivity contribution is -0.137. The van der Waals surface area contributed by atoms with Gasteiger partial charge in [-0.1, -0.05) is 49.7 Å². The summed E-state index contributed by atoms with van der Waals surface area (Å²) in [5, 5.41) is 1.94. The van der Waals surface area contributed by atoms with E-state index in [-0.39, 0.29) is 16.9 Å². The second kappa shape index (κ2) is 9.00. The number of rotatable bonds is 2. The van der Waals surface area contributed by atoms with E-state index in [1.54, 1.807) is 18.2 Å². The maximum atomic E-state index is 13.2. The number of alkyl halides is 3. The van der Waals surface area contributed by atoms with Crippen LogP contribution in [-0.4, -0.2) is 21.4 Å². The fourth-order valence-corrected chi connectivity index (χ4v) is 7.01. The zero-order chi connectivity index (χ0) is 28.7. The molecule has 208 valence electrons. The molecule has 41 heavy (non-hydrogen) atoms. The largest absolute Gasteiger partial charge is 0.487 e. The highest BCUT2D eigenvalue weighted by Gasteiger charge is 2.47. The highest BCUT2D eigenvalue weighted by molar-refractivity contribution is 6.13. The Morgan fingerprint density at radius 2 is 1.56 bits per heavy atom. The molecule has 0 bridgehead atoms. The zero-order valence-electron chi connectivity index (χ0n) is 23.0. The second-order valence-corrected chi connectivity index (χ2v) is 12.2. The van der Waals surface area contributed by atoms with Gasteiger partial charge in [0.2, 0.25) is 0 Å². The molecule has 3 atom stereocenters. The highest BCUT2D eigenvalue weighted by Crippen LogP contribution is 2.56. The molecule has 4 nitrogen and oxygen atoms in total. The molecule has 1 aliphatic carbocycles. The van der Waals surface area contributed by atoms with Crippen LogP contribution in [0.25, 0.3) is 32.8 Å². The lowest BCUT2D eigenvalue weighted by atomic mass is 9.64. The minimum atomic E-state index is -4.46. The van der Waals surface area contributed by atoms with E-state index >= 15 is 0 Å². The summed E-state index contributed by atoms with van der Waals surface area (Å²) in [7, 11) is 0. The van der Waals surface area contributed by atoms with E-state index in [0.29, 0.717) is 34.4 Å². The molecule has 2 aliphatic rings. The summed E-state index contributed by atoms with van der Waals surface area (Å²) in [6.45, 7) is 6.71. The van der Waals surface area contributed by atoms with Crippen molar-refractivity contribution >= 4 is 38.6 Å². The lowest BCUT2D eigenvalue weighted by Crippen LogP contribution is -2.46. The summed E-state index contributed by atoms with van der Waals surface area (Å²) in [6, 6.07) is 17.5. The monoisotopic (exact) mass is 554 g/mol. The minimum Gasteiger partial charge on any atom is -0.487 e. The number of benzene rings is 4. The molecule has 2 heterocycles. The number of carbonyl (C=O) groups excluding carboxylic acids is 1. The maximum Gasteiger partial charge on any atom is 0.416 e. The van der Waals surface area contributed by atoms with Gasteiger partial charge in [0.15, 0.2) is 5.78 Å². The standard InChI is InChI=1S/C34H29F3N2O2/c1-18-8-14-25-24(16-18)28-30-29(22-6-4-5-7-23(22)32(28)41-33(25,2)3)39-27-17-20(11-15-26(27)38-30)31(40)19-9-12-21(13-10-19)34(35,36)37/h4-7,9-13,15,17-18,24-25H,8,14,16H2,1-3H3/t18-,24-,25-/m0/s1. The molecule has 4 aromatic carbocycles. The van der Waals surface area contributed by atoms with Gasteiger partial charge in [-0.25, -0.2) is 9.97 Å². The predicted molar refractivity (Wildman–Crippen MR) is 153 cm³/mol. The van der Waals surface area contributed by atoms with Crippen molar-refractivity contribution in [1.29, 1.82) is 0 Å². The number of ether oxygens (including phenoxy) is 1. The Morgan fingerprint density at radius 3 is 2.29 bits per heavy atom. The van der Waals surface area contributed by atoms with Gasteiger partial charge in [0.1, 0.15) is 11.4 Å². The smallest absolute Gasteiger partial charge is 0.416 e. The topological polar surface area (TPSA) is 52.1 Å². The summed E-state index contributed by atoms with van der Waals surface area (Å²) in [4.78, 5) is 23.4. The number of nitrogens with zero attached hydrogens (tertiary/aromatic N) is 2. The minimum absolute atomic E-state index is 0.183. The number of aromatic nitrogens is 2. The first-order chi connectivity index (χ1) is 19.5. The fourth-order valence-electron chi connectivity index (χ4n) is 7.01. The number of carbonyl (C=O) groups is 1. The van der Waals surface area contributed by atoms with Crippen LogP contribution in [0, 0.1) is 11.8 Å². The van der Waals surface area contributed by atoms with Crippen LogP contribution in [-0.2, 0) is 6.18 Å². The summed E-state index contributed by atoms with van der Waals surface area (Å²) >= 11 is 0. The molecule has 0 saturated heterocycles. The van der Waals surface area contributed by atoms with E-state index in [2.05, 4.69) is 26.8 Å². The van der Waals surface area contributed by atoms with E-state index in [1.165, 1.54) is 18.6 Å². The van der Waals surface area contributed by atoms with Gasteiger partial charge in [-0.05, 0) is 68.9 Å². The van der Waals surface area contributed by atoms with Crippen molar-refractivity contribution in [1.82, 2.24) is 9.97 Å². The molecule has 5 aromatic rings. The number of hydrogen-bond donors (Lipinski definition) is 0. The Bertz CT molecular complexity index is 1860. The quantitative estimate of drug-likeness (QED) is 0.124. The van der Waals surface area contributed by atoms with Crippen molar-refractivity contribution in [2.24, 2.45) is 11.8 Å². The van der Waals surface area contributed by atoms with E-state index in [9.17, 15) is 18.0 Å². The molecule has 0 N–H and O–H groups in total. The van der Waals surface area contributed by atoms with Crippen molar-refractivity contribution in [3.05, 3.63) is 89.0 Å². The third-order valence-corrected chi connectivity index (χ3v) is 9.07. The Kier molecular flexibility index (Phi) is 5.69. The van der Waals surface area contributed by atoms with Crippen molar-refractivity contribution in [3.63, 3.8) is 0 Å². The molecule has 0 unspecified atom stereocenters. The Balaban J connectivity index is 1.41. The van der Waals surface area contributed by atoms with Gasteiger partial charge >= 0.3 is 6.18 Å². The van der Waals surface area contributed by atoms with Gasteiger partial charge in [-0.15, -0.1) is 0 Å². The summed E-state index contributed by atoms with van der Waals surface area (Å²) in [6.07, 6.45) is -1.11. The first kappa shape index (κ1) is 25.9. The van der Waals surface area contributed by atoms with Gasteiger partial charge in [0.25, 0.3) is 0 Å². The third-order valence-electron chi connectivity index (χ3n) is 9.07. The number of ketones is 1. The van der Waals surface area contributed by atoms with Gasteiger partial charge in [-0.3, -0.25) is 4.79 Å². The predicted octanol–water partition coefficient (Wildman–Crippen LogP) is 8.88. The van der Waals surface area contributed by atoms with Crippen LogP contribution in [0.2, 0.25) is 0 Å². The van der Waals surface area contributed by atoms with Crippen molar-refractivity contribution in [2.45, 2.75) is 57.7 Å². The van der Waals surface area contributed by atoms with Gasteiger partial charge in [-0.2, -0.15) is 13.2 Å². The van der Waals surface area contributed by atoms with Gasteiger partial charge in [0.05, 0.1) is 27.6 Å². The molecule has 1 aromatic heterocycles. The van der Waals surface area contributed by atoms with Crippen LogP contribution in [0.4, 0.5) is 13.2 Å². The highest BCUT2D eigenvalue weighted by atomic mass is 19.4. The number of halogens is 3. The van der Waals surface area contributed by atoms with Gasteiger partial charge < -0.3 is 4.74 Å². The molecule has 0 amide bonds. The average Bonchev–Trinajstić information content (AvgIpc) is 2.95. The molecule has 0 radical (unpaired) electrons. The van der Waals surface area contributed by atoms with Crippen LogP contribution < -0.4 is 4.74 Å². The molecular weight excluding hydrogens is 525 g/mol.